The molecule has 2 rings (SSSR count). The molecule has 0 aromatic carbocycles. The number of β-amino-alcohol motifs (C(OH)–C–C–N with tert-alkyl or cyclic N) is 1. The summed E-state index contributed by atoms with van der Waals surface area (Å²) in [6, 6.07) is 0. The van der Waals surface area contributed by atoms with E-state index in [1.54, 1.807) is 6.08 Å². The van der Waals surface area contributed by atoms with Crippen LogP contribution in [0.4, 0.5) is 4.39 Å². The third-order valence-electron chi connectivity index (χ3n) is 3.20. The van der Waals surface area contributed by atoms with Gasteiger partial charge in [-0.3, -0.25) is 4.90 Å². The summed E-state index contributed by atoms with van der Waals surface area (Å²) in [5.41, 5.74) is 0.773. The Hall–Kier alpha value is -0.870. The second kappa shape index (κ2) is 5.46. The van der Waals surface area contributed by atoms with Crippen molar-refractivity contribution in [3.8, 4) is 0 Å². The molecule has 0 atom stereocenters. The van der Waals surface area contributed by atoms with Crippen molar-refractivity contribution in [2.75, 3.05) is 39.3 Å². The second-order valence-electron chi connectivity index (χ2n) is 4.27. The minimum atomic E-state index is -0.0677. The average molecular weight is 226 g/mol. The molecule has 1 fully saturated rings. The van der Waals surface area contributed by atoms with Crippen LogP contribution in [0.3, 0.4) is 0 Å². The van der Waals surface area contributed by atoms with Crippen LogP contribution in [0.1, 0.15) is 12.8 Å². The average Bonchev–Trinajstić information content (AvgIpc) is 2.31. The molecular weight excluding hydrogens is 207 g/mol. The highest BCUT2D eigenvalue weighted by Crippen LogP contribution is 2.24. The Morgan fingerprint density at radius 2 is 1.81 bits per heavy atom. The first-order valence-electron chi connectivity index (χ1n) is 5.95. The SMILES string of the molecule is OCCN1CCN(C2=CCCC=C2F)CC1. The number of aliphatic hydroxyl groups excluding tert-OH is 1. The number of halogens is 1. The lowest BCUT2D eigenvalue weighted by molar-refractivity contribution is 0.131. The molecule has 1 heterocycles. The van der Waals surface area contributed by atoms with E-state index in [-0.39, 0.29) is 12.4 Å². The van der Waals surface area contributed by atoms with Crippen molar-refractivity contribution in [1.82, 2.24) is 9.80 Å². The van der Waals surface area contributed by atoms with Crippen LogP contribution < -0.4 is 0 Å². The minimum Gasteiger partial charge on any atom is -0.395 e. The third kappa shape index (κ3) is 2.62. The summed E-state index contributed by atoms with van der Waals surface area (Å²) in [7, 11) is 0. The molecule has 1 saturated heterocycles. The van der Waals surface area contributed by atoms with E-state index in [0.29, 0.717) is 0 Å². The van der Waals surface area contributed by atoms with Crippen molar-refractivity contribution in [2.24, 2.45) is 0 Å². The van der Waals surface area contributed by atoms with Crippen LogP contribution in [0, 0.1) is 0 Å². The van der Waals surface area contributed by atoms with Crippen molar-refractivity contribution in [1.29, 1.82) is 0 Å². The van der Waals surface area contributed by atoms with E-state index in [1.807, 2.05) is 6.08 Å². The van der Waals surface area contributed by atoms with E-state index in [9.17, 15) is 4.39 Å². The molecule has 0 saturated carbocycles. The van der Waals surface area contributed by atoms with Crippen LogP contribution in [-0.2, 0) is 0 Å². The van der Waals surface area contributed by atoms with Crippen molar-refractivity contribution in [3.63, 3.8) is 0 Å². The van der Waals surface area contributed by atoms with E-state index < -0.39 is 0 Å². The molecule has 4 heteroatoms. The van der Waals surface area contributed by atoms with Crippen LogP contribution in [0.25, 0.3) is 0 Å². The van der Waals surface area contributed by atoms with E-state index >= 15 is 0 Å². The maximum atomic E-state index is 13.6. The number of nitrogens with zero attached hydrogens (tertiary/aromatic N) is 2. The molecule has 0 bridgehead atoms. The highest BCUT2D eigenvalue weighted by molar-refractivity contribution is 5.27. The molecule has 1 N–H and O–H groups in total. The summed E-state index contributed by atoms with van der Waals surface area (Å²) >= 11 is 0. The predicted octanol–water partition coefficient (Wildman–Crippen LogP) is 1.13. The fourth-order valence-electron chi connectivity index (χ4n) is 2.27. The van der Waals surface area contributed by atoms with Gasteiger partial charge in [0.15, 0.2) is 0 Å². The first-order valence-corrected chi connectivity index (χ1v) is 5.95. The van der Waals surface area contributed by atoms with Gasteiger partial charge < -0.3 is 10.0 Å². The fourth-order valence-corrected chi connectivity index (χ4v) is 2.27. The molecule has 3 nitrogen and oxygen atoms in total. The monoisotopic (exact) mass is 226 g/mol. The van der Waals surface area contributed by atoms with E-state index in [0.717, 1.165) is 51.3 Å². The molecule has 0 unspecified atom stereocenters. The largest absolute Gasteiger partial charge is 0.395 e. The van der Waals surface area contributed by atoms with Gasteiger partial charge >= 0.3 is 0 Å². The van der Waals surface area contributed by atoms with Gasteiger partial charge in [-0.15, -0.1) is 0 Å². The van der Waals surface area contributed by atoms with Gasteiger partial charge in [0.25, 0.3) is 0 Å². The zero-order valence-corrected chi connectivity index (χ0v) is 9.53. The molecule has 0 aromatic heterocycles. The highest BCUT2D eigenvalue weighted by atomic mass is 19.1. The highest BCUT2D eigenvalue weighted by Gasteiger charge is 2.21. The van der Waals surface area contributed by atoms with Gasteiger partial charge in [0.05, 0.1) is 12.3 Å². The van der Waals surface area contributed by atoms with Crippen LogP contribution in [0.2, 0.25) is 0 Å². The number of hydrogen-bond donors (Lipinski definition) is 1. The Balaban J connectivity index is 1.89. The van der Waals surface area contributed by atoms with Gasteiger partial charge in [0.2, 0.25) is 0 Å². The summed E-state index contributed by atoms with van der Waals surface area (Å²) in [6.07, 6.45) is 5.44. The molecule has 1 aliphatic carbocycles. The van der Waals surface area contributed by atoms with Gasteiger partial charge in [0.1, 0.15) is 5.83 Å². The normalized spacial score (nSPS) is 23.0. The van der Waals surface area contributed by atoms with Gasteiger partial charge in [0, 0.05) is 32.7 Å². The Morgan fingerprint density at radius 1 is 1.12 bits per heavy atom. The molecule has 0 aromatic rings. The van der Waals surface area contributed by atoms with Crippen LogP contribution in [0.5, 0.6) is 0 Å². The minimum absolute atomic E-state index is 0.0677. The zero-order chi connectivity index (χ0) is 11.4. The Labute approximate surface area is 95.8 Å². The quantitative estimate of drug-likeness (QED) is 0.781. The number of hydrogen-bond acceptors (Lipinski definition) is 3. The van der Waals surface area contributed by atoms with Crippen molar-refractivity contribution < 1.29 is 9.50 Å². The zero-order valence-electron chi connectivity index (χ0n) is 9.53. The van der Waals surface area contributed by atoms with Gasteiger partial charge in [-0.25, -0.2) is 4.39 Å². The van der Waals surface area contributed by atoms with Gasteiger partial charge in [-0.2, -0.15) is 0 Å². The van der Waals surface area contributed by atoms with Crippen LogP contribution in [0.15, 0.2) is 23.7 Å². The van der Waals surface area contributed by atoms with Crippen molar-refractivity contribution >= 4 is 0 Å². The van der Waals surface area contributed by atoms with Crippen LogP contribution in [-0.4, -0.2) is 54.2 Å². The van der Waals surface area contributed by atoms with Crippen molar-refractivity contribution in [2.45, 2.75) is 12.8 Å². The lowest BCUT2D eigenvalue weighted by Gasteiger charge is -2.37. The molecule has 0 spiro atoms. The lowest BCUT2D eigenvalue weighted by Crippen LogP contribution is -2.46. The maximum absolute atomic E-state index is 13.6. The smallest absolute Gasteiger partial charge is 0.142 e. The summed E-state index contributed by atoms with van der Waals surface area (Å²) in [5.74, 6) is -0.0677. The second-order valence-corrected chi connectivity index (χ2v) is 4.27. The first-order chi connectivity index (χ1) is 7.81. The Morgan fingerprint density at radius 3 is 2.44 bits per heavy atom. The number of allylic oxidation sites excluding steroid dienone is 3. The van der Waals surface area contributed by atoms with Crippen LogP contribution >= 0.6 is 0 Å². The first kappa shape index (κ1) is 11.6. The van der Waals surface area contributed by atoms with E-state index in [2.05, 4.69) is 9.80 Å². The number of aliphatic hydroxyl groups is 1. The Kier molecular flexibility index (Phi) is 3.96. The van der Waals surface area contributed by atoms with Crippen molar-refractivity contribution in [3.05, 3.63) is 23.7 Å². The molecular formula is C12H19FN2O. The van der Waals surface area contributed by atoms with E-state index in [1.165, 1.54) is 0 Å². The fraction of sp³-hybridized carbons (Fsp3) is 0.667. The van der Waals surface area contributed by atoms with Gasteiger partial charge in [-0.05, 0) is 18.9 Å². The topological polar surface area (TPSA) is 26.7 Å². The molecule has 16 heavy (non-hydrogen) atoms. The maximum Gasteiger partial charge on any atom is 0.142 e. The molecule has 0 radical (unpaired) electrons. The molecule has 0 amide bonds. The molecule has 2 aliphatic rings. The summed E-state index contributed by atoms with van der Waals surface area (Å²) in [6.45, 7) is 4.46. The summed E-state index contributed by atoms with van der Waals surface area (Å²) in [5, 5.41) is 8.84. The van der Waals surface area contributed by atoms with E-state index in [4.69, 9.17) is 5.11 Å². The number of rotatable bonds is 3. The standard InChI is InChI=1S/C12H19FN2O/c13-11-3-1-2-4-12(11)15-7-5-14(6-8-15)9-10-16/h3-4,16H,1-2,5-10H2. The predicted molar refractivity (Wildman–Crippen MR) is 61.6 cm³/mol. The molecule has 1 aliphatic heterocycles. The lowest BCUT2D eigenvalue weighted by atomic mass is 10.1. The molecule has 90 valence electrons. The Bertz CT molecular complexity index is 293. The third-order valence-corrected chi connectivity index (χ3v) is 3.20. The number of piperazine rings is 1. The summed E-state index contributed by atoms with van der Waals surface area (Å²) < 4.78 is 13.6. The summed E-state index contributed by atoms with van der Waals surface area (Å²) in [4.78, 5) is 4.32. The van der Waals surface area contributed by atoms with Gasteiger partial charge in [-0.1, -0.05) is 6.08 Å².